The molecular formula is C17H35NO2. The fourth-order valence-electron chi connectivity index (χ4n) is 2.31. The summed E-state index contributed by atoms with van der Waals surface area (Å²) in [6.45, 7) is 16.0. The molecule has 0 bridgehead atoms. The number of hydrogen-bond donors (Lipinski definition) is 0. The summed E-state index contributed by atoms with van der Waals surface area (Å²) >= 11 is 0. The van der Waals surface area contributed by atoms with E-state index >= 15 is 0 Å². The Kier molecular flexibility index (Phi) is 6.73. The standard InChI is InChI=1S/C17H35NO2/c1-15(2,3)13-17(7,16(4,5)6)20-14(19)11-10-12-18(8)9/h10-13H2,1-9H3. The van der Waals surface area contributed by atoms with Gasteiger partial charge in [0.15, 0.2) is 0 Å². The fourth-order valence-corrected chi connectivity index (χ4v) is 2.31. The van der Waals surface area contributed by atoms with Crippen molar-refractivity contribution >= 4 is 5.97 Å². The minimum atomic E-state index is -0.430. The van der Waals surface area contributed by atoms with E-state index in [2.05, 4.69) is 53.4 Å². The number of ether oxygens (including phenoxy) is 1. The van der Waals surface area contributed by atoms with Crippen LogP contribution in [0.4, 0.5) is 0 Å². The lowest BCUT2D eigenvalue weighted by molar-refractivity contribution is -0.175. The van der Waals surface area contributed by atoms with E-state index in [1.165, 1.54) is 0 Å². The molecule has 0 aliphatic heterocycles. The maximum atomic E-state index is 12.1. The van der Waals surface area contributed by atoms with Crippen LogP contribution in [0.5, 0.6) is 0 Å². The molecule has 0 aromatic rings. The highest BCUT2D eigenvalue weighted by molar-refractivity contribution is 5.70. The lowest BCUT2D eigenvalue weighted by Crippen LogP contribution is -2.46. The molecule has 1 unspecified atom stereocenters. The summed E-state index contributed by atoms with van der Waals surface area (Å²) in [6, 6.07) is 0. The average Bonchev–Trinajstić information content (AvgIpc) is 2.11. The predicted molar refractivity (Wildman–Crippen MR) is 85.8 cm³/mol. The first-order chi connectivity index (χ1) is 8.77. The third-order valence-corrected chi connectivity index (χ3v) is 3.78. The summed E-state index contributed by atoms with van der Waals surface area (Å²) in [6.07, 6.45) is 2.21. The van der Waals surface area contributed by atoms with Crippen LogP contribution in [0.3, 0.4) is 0 Å². The Balaban J connectivity index is 4.71. The molecule has 0 aliphatic rings. The molecular weight excluding hydrogens is 250 g/mol. The maximum Gasteiger partial charge on any atom is 0.306 e. The first-order valence-electron chi connectivity index (χ1n) is 7.63. The predicted octanol–water partition coefficient (Wildman–Crippen LogP) is 4.11. The minimum Gasteiger partial charge on any atom is -0.459 e. The highest BCUT2D eigenvalue weighted by Gasteiger charge is 2.43. The van der Waals surface area contributed by atoms with E-state index in [4.69, 9.17) is 4.74 Å². The minimum absolute atomic E-state index is 0.0719. The van der Waals surface area contributed by atoms with Gasteiger partial charge in [-0.25, -0.2) is 0 Å². The second kappa shape index (κ2) is 6.93. The summed E-state index contributed by atoms with van der Waals surface area (Å²) in [5.74, 6) is -0.0754. The molecule has 0 aliphatic carbocycles. The third kappa shape index (κ3) is 7.28. The molecule has 0 N–H and O–H groups in total. The summed E-state index contributed by atoms with van der Waals surface area (Å²) in [4.78, 5) is 14.2. The van der Waals surface area contributed by atoms with Crippen LogP contribution in [0.2, 0.25) is 0 Å². The fraction of sp³-hybridized carbons (Fsp3) is 0.941. The molecule has 0 rings (SSSR count). The van der Waals surface area contributed by atoms with Gasteiger partial charge in [-0.1, -0.05) is 41.5 Å². The molecule has 0 amide bonds. The van der Waals surface area contributed by atoms with Gasteiger partial charge in [0, 0.05) is 11.8 Å². The highest BCUT2D eigenvalue weighted by Crippen LogP contribution is 2.42. The first kappa shape index (κ1) is 19.4. The molecule has 120 valence electrons. The smallest absolute Gasteiger partial charge is 0.306 e. The number of carbonyl (C=O) groups excluding carboxylic acids is 1. The van der Waals surface area contributed by atoms with Gasteiger partial charge in [0.05, 0.1) is 0 Å². The summed E-state index contributed by atoms with van der Waals surface area (Å²) < 4.78 is 5.90. The summed E-state index contributed by atoms with van der Waals surface area (Å²) in [5, 5.41) is 0. The van der Waals surface area contributed by atoms with Crippen LogP contribution >= 0.6 is 0 Å². The molecule has 1 atom stereocenters. The SMILES string of the molecule is CN(C)CCCC(=O)OC(C)(CC(C)(C)C)C(C)(C)C. The summed E-state index contributed by atoms with van der Waals surface area (Å²) in [5.41, 5.74) is -0.371. The summed E-state index contributed by atoms with van der Waals surface area (Å²) in [7, 11) is 4.04. The Hall–Kier alpha value is -0.570. The molecule has 0 saturated heterocycles. The van der Waals surface area contributed by atoms with Crippen LogP contribution in [-0.4, -0.2) is 37.1 Å². The second-order valence-electron chi connectivity index (χ2n) is 8.60. The lowest BCUT2D eigenvalue weighted by Gasteiger charge is -2.44. The molecule has 0 saturated carbocycles. The van der Waals surface area contributed by atoms with E-state index in [-0.39, 0.29) is 16.8 Å². The number of nitrogens with zero attached hydrogens (tertiary/aromatic N) is 1. The van der Waals surface area contributed by atoms with Gasteiger partial charge in [-0.05, 0) is 45.8 Å². The van der Waals surface area contributed by atoms with E-state index in [9.17, 15) is 4.79 Å². The monoisotopic (exact) mass is 285 g/mol. The van der Waals surface area contributed by atoms with Crippen molar-refractivity contribution in [2.24, 2.45) is 10.8 Å². The van der Waals surface area contributed by atoms with Crippen molar-refractivity contribution in [3.8, 4) is 0 Å². The van der Waals surface area contributed by atoms with E-state index in [0.717, 1.165) is 19.4 Å². The van der Waals surface area contributed by atoms with Gasteiger partial charge in [-0.2, -0.15) is 0 Å². The highest BCUT2D eigenvalue weighted by atomic mass is 16.6. The van der Waals surface area contributed by atoms with Gasteiger partial charge in [-0.15, -0.1) is 0 Å². The molecule has 0 spiro atoms. The van der Waals surface area contributed by atoms with Crippen LogP contribution in [0.1, 0.15) is 67.7 Å². The molecule has 20 heavy (non-hydrogen) atoms. The largest absolute Gasteiger partial charge is 0.459 e. The second-order valence-corrected chi connectivity index (χ2v) is 8.60. The molecule has 0 aromatic heterocycles. The van der Waals surface area contributed by atoms with Crippen molar-refractivity contribution in [1.29, 1.82) is 0 Å². The van der Waals surface area contributed by atoms with Crippen molar-refractivity contribution < 1.29 is 9.53 Å². The molecule has 0 fully saturated rings. The number of carbonyl (C=O) groups is 1. The van der Waals surface area contributed by atoms with Crippen LogP contribution in [0.15, 0.2) is 0 Å². The zero-order valence-corrected chi connectivity index (χ0v) is 15.1. The van der Waals surface area contributed by atoms with Crippen LogP contribution < -0.4 is 0 Å². The number of rotatable bonds is 6. The maximum absolute atomic E-state index is 12.1. The van der Waals surface area contributed by atoms with Gasteiger partial charge >= 0.3 is 5.97 Å². The quantitative estimate of drug-likeness (QED) is 0.688. The zero-order chi connectivity index (χ0) is 16.2. The van der Waals surface area contributed by atoms with Crippen LogP contribution in [-0.2, 0) is 9.53 Å². The Labute approximate surface area is 126 Å². The van der Waals surface area contributed by atoms with Crippen molar-refractivity contribution in [3.05, 3.63) is 0 Å². The molecule has 0 heterocycles. The first-order valence-corrected chi connectivity index (χ1v) is 7.63. The van der Waals surface area contributed by atoms with Crippen LogP contribution in [0, 0.1) is 10.8 Å². The van der Waals surface area contributed by atoms with E-state index in [1.54, 1.807) is 0 Å². The Bertz CT molecular complexity index is 310. The average molecular weight is 285 g/mol. The van der Waals surface area contributed by atoms with Gasteiger partial charge in [-0.3, -0.25) is 4.79 Å². The van der Waals surface area contributed by atoms with Gasteiger partial charge in [0.1, 0.15) is 5.60 Å². The Morgan fingerprint density at radius 3 is 1.85 bits per heavy atom. The number of esters is 1. The van der Waals surface area contributed by atoms with Crippen molar-refractivity contribution in [3.63, 3.8) is 0 Å². The van der Waals surface area contributed by atoms with E-state index in [1.807, 2.05) is 14.1 Å². The third-order valence-electron chi connectivity index (χ3n) is 3.78. The Morgan fingerprint density at radius 2 is 1.50 bits per heavy atom. The Morgan fingerprint density at radius 1 is 1.00 bits per heavy atom. The van der Waals surface area contributed by atoms with Gasteiger partial charge < -0.3 is 9.64 Å². The molecule has 0 radical (unpaired) electrons. The zero-order valence-electron chi connectivity index (χ0n) is 15.1. The topological polar surface area (TPSA) is 29.5 Å². The van der Waals surface area contributed by atoms with Gasteiger partial charge in [0.2, 0.25) is 0 Å². The molecule has 3 heteroatoms. The van der Waals surface area contributed by atoms with E-state index < -0.39 is 5.60 Å². The normalized spacial score (nSPS) is 16.1. The van der Waals surface area contributed by atoms with Crippen molar-refractivity contribution in [2.75, 3.05) is 20.6 Å². The molecule has 3 nitrogen and oxygen atoms in total. The van der Waals surface area contributed by atoms with Crippen molar-refractivity contribution in [2.45, 2.75) is 73.3 Å². The van der Waals surface area contributed by atoms with E-state index in [0.29, 0.717) is 6.42 Å². The van der Waals surface area contributed by atoms with Crippen LogP contribution in [0.25, 0.3) is 0 Å². The van der Waals surface area contributed by atoms with Gasteiger partial charge in [0.25, 0.3) is 0 Å². The number of hydrogen-bond acceptors (Lipinski definition) is 3. The molecule has 0 aromatic carbocycles. The lowest BCUT2D eigenvalue weighted by atomic mass is 9.69. The van der Waals surface area contributed by atoms with Crippen molar-refractivity contribution in [1.82, 2.24) is 4.90 Å².